The topological polar surface area (TPSA) is 72.5 Å². The molecule has 0 atom stereocenters. The quantitative estimate of drug-likeness (QED) is 0.415. The van der Waals surface area contributed by atoms with Gasteiger partial charge in [0.05, 0.1) is 6.42 Å². The number of aryl methyl sites for hydroxylation is 2. The van der Waals surface area contributed by atoms with Crippen LogP contribution in [0.15, 0.2) is 36.4 Å². The molecule has 0 unspecified atom stereocenters. The minimum atomic E-state index is -0.560. The zero-order valence-corrected chi connectivity index (χ0v) is 19.4. The van der Waals surface area contributed by atoms with Gasteiger partial charge >= 0.3 is 5.97 Å². The average molecular weight is 424 g/mol. The van der Waals surface area contributed by atoms with E-state index in [1.54, 1.807) is 0 Å². The monoisotopic (exact) mass is 423 g/mol. The molecule has 166 valence electrons. The number of carbonyl (C=O) groups excluding carboxylic acids is 3. The molecule has 0 aromatic heterocycles. The summed E-state index contributed by atoms with van der Waals surface area (Å²) in [5.41, 5.74) is 5.38. The molecule has 0 aliphatic carbocycles. The lowest BCUT2D eigenvalue weighted by Gasteiger charge is -2.20. The van der Waals surface area contributed by atoms with E-state index < -0.39 is 5.97 Å². The van der Waals surface area contributed by atoms with E-state index in [2.05, 4.69) is 33.0 Å². The lowest BCUT2D eigenvalue weighted by Crippen LogP contribution is -2.23. The summed E-state index contributed by atoms with van der Waals surface area (Å²) in [5.74, 6) is -0.561. The summed E-state index contributed by atoms with van der Waals surface area (Å²) in [7, 11) is 0. The highest BCUT2D eigenvalue weighted by Gasteiger charge is 2.17. The fraction of sp³-hybridized carbons (Fsp3) is 0.423. The first-order valence-corrected chi connectivity index (χ1v) is 10.8. The maximum atomic E-state index is 12.5. The van der Waals surface area contributed by atoms with Crippen LogP contribution in [0.3, 0.4) is 0 Å². The Labute approximate surface area is 185 Å². The number of esters is 1. The fourth-order valence-corrected chi connectivity index (χ4v) is 3.48. The number of amides is 1. The second-order valence-corrected chi connectivity index (χ2v) is 8.57. The van der Waals surface area contributed by atoms with Gasteiger partial charge in [-0.3, -0.25) is 14.4 Å². The highest BCUT2D eigenvalue weighted by atomic mass is 16.5. The molecule has 0 spiro atoms. The molecule has 0 aliphatic rings. The summed E-state index contributed by atoms with van der Waals surface area (Å²) in [6.07, 6.45) is -0.00224. The standard InChI is InChI=1S/C26H33NO4/c1-16(2)20-8-7-9-21(17(3)4)26(20)27-24(29)15-31-25(30)13-12-23(28)22-14-18(5)10-11-19(22)6/h7-11,14,16-17H,12-13,15H2,1-6H3,(H,27,29). The van der Waals surface area contributed by atoms with Gasteiger partial charge in [0, 0.05) is 17.7 Å². The first-order valence-electron chi connectivity index (χ1n) is 10.8. The van der Waals surface area contributed by atoms with Crippen LogP contribution in [-0.2, 0) is 14.3 Å². The van der Waals surface area contributed by atoms with Crippen molar-refractivity contribution in [2.24, 2.45) is 0 Å². The van der Waals surface area contributed by atoms with E-state index in [1.165, 1.54) is 0 Å². The van der Waals surface area contributed by atoms with Crippen LogP contribution in [0, 0.1) is 13.8 Å². The van der Waals surface area contributed by atoms with E-state index in [1.807, 2.05) is 50.2 Å². The molecule has 0 saturated heterocycles. The van der Waals surface area contributed by atoms with Crippen molar-refractivity contribution < 1.29 is 19.1 Å². The largest absolute Gasteiger partial charge is 0.456 e. The molecule has 0 saturated carbocycles. The molecule has 0 radical (unpaired) electrons. The van der Waals surface area contributed by atoms with Gasteiger partial charge in [-0.25, -0.2) is 0 Å². The minimum Gasteiger partial charge on any atom is -0.456 e. The molecule has 2 rings (SSSR count). The van der Waals surface area contributed by atoms with E-state index in [-0.39, 0.29) is 43.0 Å². The number of nitrogens with one attached hydrogen (secondary N) is 1. The number of hydrogen-bond donors (Lipinski definition) is 1. The second-order valence-electron chi connectivity index (χ2n) is 8.57. The van der Waals surface area contributed by atoms with Gasteiger partial charge in [0.15, 0.2) is 12.4 Å². The molecule has 5 heteroatoms. The van der Waals surface area contributed by atoms with Crippen LogP contribution in [0.25, 0.3) is 0 Å². The third-order valence-corrected chi connectivity index (χ3v) is 5.25. The number of ether oxygens (including phenoxy) is 1. The van der Waals surface area contributed by atoms with E-state index >= 15 is 0 Å². The Bertz CT molecular complexity index is 934. The zero-order chi connectivity index (χ0) is 23.1. The Hall–Kier alpha value is -2.95. The molecular weight excluding hydrogens is 390 g/mol. The van der Waals surface area contributed by atoms with Gasteiger partial charge < -0.3 is 10.1 Å². The Morgan fingerprint density at radius 3 is 2.10 bits per heavy atom. The summed E-state index contributed by atoms with van der Waals surface area (Å²) in [6, 6.07) is 11.7. The number of para-hydroxylation sites is 1. The van der Waals surface area contributed by atoms with E-state index in [4.69, 9.17) is 4.74 Å². The van der Waals surface area contributed by atoms with Gasteiger partial charge in [0.25, 0.3) is 5.91 Å². The number of benzene rings is 2. The number of rotatable bonds is 9. The predicted molar refractivity (Wildman–Crippen MR) is 124 cm³/mol. The van der Waals surface area contributed by atoms with Gasteiger partial charge in [-0.15, -0.1) is 0 Å². The zero-order valence-electron chi connectivity index (χ0n) is 19.4. The molecule has 2 aromatic rings. The molecule has 0 fully saturated rings. The van der Waals surface area contributed by atoms with Crippen molar-refractivity contribution in [1.82, 2.24) is 0 Å². The molecule has 0 bridgehead atoms. The summed E-state index contributed by atoms with van der Waals surface area (Å²) < 4.78 is 5.11. The predicted octanol–water partition coefficient (Wildman–Crippen LogP) is 5.70. The van der Waals surface area contributed by atoms with E-state index in [9.17, 15) is 14.4 Å². The number of ketones is 1. The molecule has 2 aromatic carbocycles. The molecular formula is C26H33NO4. The molecule has 0 heterocycles. The van der Waals surface area contributed by atoms with E-state index in [0.29, 0.717) is 5.56 Å². The maximum Gasteiger partial charge on any atom is 0.306 e. The van der Waals surface area contributed by atoms with Gasteiger partial charge in [0.2, 0.25) is 0 Å². The van der Waals surface area contributed by atoms with Crippen molar-refractivity contribution in [3.05, 3.63) is 64.2 Å². The Kier molecular flexibility index (Phi) is 8.55. The Morgan fingerprint density at radius 2 is 1.52 bits per heavy atom. The van der Waals surface area contributed by atoms with Crippen LogP contribution in [0.1, 0.15) is 85.0 Å². The smallest absolute Gasteiger partial charge is 0.306 e. The van der Waals surface area contributed by atoms with Crippen LogP contribution < -0.4 is 5.32 Å². The van der Waals surface area contributed by atoms with Crippen molar-refractivity contribution in [3.8, 4) is 0 Å². The minimum absolute atomic E-state index is 0.0540. The number of carbonyl (C=O) groups is 3. The SMILES string of the molecule is Cc1ccc(C)c(C(=O)CCC(=O)OCC(=O)Nc2c(C(C)C)cccc2C(C)C)c1. The van der Waals surface area contributed by atoms with Gasteiger partial charge in [-0.1, -0.05) is 63.6 Å². The summed E-state index contributed by atoms with van der Waals surface area (Å²) in [6.45, 7) is 11.7. The van der Waals surface area contributed by atoms with Crippen molar-refractivity contribution in [2.45, 2.75) is 66.2 Å². The lowest BCUT2D eigenvalue weighted by molar-refractivity contribution is -0.147. The molecule has 1 N–H and O–H groups in total. The summed E-state index contributed by atoms with van der Waals surface area (Å²) in [5, 5.41) is 2.92. The molecule has 31 heavy (non-hydrogen) atoms. The normalized spacial score (nSPS) is 11.0. The van der Waals surface area contributed by atoms with Crippen LogP contribution in [-0.4, -0.2) is 24.3 Å². The molecule has 1 amide bonds. The maximum absolute atomic E-state index is 12.5. The summed E-state index contributed by atoms with van der Waals surface area (Å²) >= 11 is 0. The third kappa shape index (κ3) is 6.78. The van der Waals surface area contributed by atoms with Crippen molar-refractivity contribution in [3.63, 3.8) is 0 Å². The van der Waals surface area contributed by atoms with Crippen LogP contribution in [0.4, 0.5) is 5.69 Å². The first kappa shape index (κ1) is 24.3. The van der Waals surface area contributed by atoms with E-state index in [0.717, 1.165) is 27.9 Å². The Morgan fingerprint density at radius 1 is 0.903 bits per heavy atom. The molecule has 5 nitrogen and oxygen atoms in total. The highest BCUT2D eigenvalue weighted by molar-refractivity contribution is 5.99. The second kappa shape index (κ2) is 10.9. The van der Waals surface area contributed by atoms with Crippen LogP contribution >= 0.6 is 0 Å². The number of hydrogen-bond acceptors (Lipinski definition) is 4. The summed E-state index contributed by atoms with van der Waals surface area (Å²) in [4.78, 5) is 37.0. The van der Waals surface area contributed by atoms with Crippen LogP contribution in [0.5, 0.6) is 0 Å². The van der Waals surface area contributed by atoms with Gasteiger partial charge in [-0.2, -0.15) is 0 Å². The highest BCUT2D eigenvalue weighted by Crippen LogP contribution is 2.32. The number of Topliss-reactive ketones (excluding diaryl/α,β-unsaturated/α-hetero) is 1. The van der Waals surface area contributed by atoms with Crippen molar-refractivity contribution in [1.29, 1.82) is 0 Å². The first-order chi connectivity index (χ1) is 14.6. The van der Waals surface area contributed by atoms with Crippen LogP contribution in [0.2, 0.25) is 0 Å². The third-order valence-electron chi connectivity index (χ3n) is 5.25. The van der Waals surface area contributed by atoms with Crippen molar-refractivity contribution in [2.75, 3.05) is 11.9 Å². The molecule has 0 aliphatic heterocycles. The number of anilines is 1. The average Bonchev–Trinajstić information content (AvgIpc) is 2.71. The van der Waals surface area contributed by atoms with Gasteiger partial charge in [-0.05, 0) is 48.4 Å². The van der Waals surface area contributed by atoms with Crippen molar-refractivity contribution >= 4 is 23.3 Å². The Balaban J connectivity index is 1.93. The lowest BCUT2D eigenvalue weighted by atomic mass is 9.92. The van der Waals surface area contributed by atoms with Gasteiger partial charge in [0.1, 0.15) is 0 Å². The fourth-order valence-electron chi connectivity index (χ4n) is 3.48.